The summed E-state index contributed by atoms with van der Waals surface area (Å²) >= 11 is 4.60. The van der Waals surface area contributed by atoms with E-state index in [0.29, 0.717) is 11.6 Å². The molecule has 0 bridgehead atoms. The van der Waals surface area contributed by atoms with Crippen molar-refractivity contribution in [1.82, 2.24) is 4.98 Å². The van der Waals surface area contributed by atoms with E-state index < -0.39 is 0 Å². The van der Waals surface area contributed by atoms with Gasteiger partial charge in [0.2, 0.25) is 5.11 Å². The van der Waals surface area contributed by atoms with Crippen molar-refractivity contribution in [3.8, 4) is 0 Å². The van der Waals surface area contributed by atoms with Crippen molar-refractivity contribution in [2.24, 2.45) is 16.0 Å². The molecular weight excluding hydrogens is 210 g/mol. The number of rotatable bonds is 1. The smallest absolute Gasteiger partial charge is 0.211 e. The second kappa shape index (κ2) is 3.66. The van der Waals surface area contributed by atoms with Crippen LogP contribution in [0.4, 0.5) is 11.6 Å². The molecule has 2 rings (SSSR count). The average Bonchev–Trinajstić information content (AvgIpc) is 2.54. The third-order valence-electron chi connectivity index (χ3n) is 1.97. The molecule has 2 aromatic rings. The quantitative estimate of drug-likeness (QED) is 0.506. The Kier molecular flexibility index (Phi) is 2.34. The van der Waals surface area contributed by atoms with E-state index in [1.54, 1.807) is 0 Å². The normalized spacial score (nSPS) is 11.2. The summed E-state index contributed by atoms with van der Waals surface area (Å²) < 4.78 is 0. The minimum Gasteiger partial charge on any atom is -0.385 e. The summed E-state index contributed by atoms with van der Waals surface area (Å²) in [6.45, 7) is 0. The molecule has 0 unspecified atom stereocenters. The van der Waals surface area contributed by atoms with E-state index in [1.807, 2.05) is 24.3 Å². The van der Waals surface area contributed by atoms with Gasteiger partial charge in [-0.15, -0.1) is 10.2 Å². The van der Waals surface area contributed by atoms with Gasteiger partial charge in [-0.2, -0.15) is 0 Å². The van der Waals surface area contributed by atoms with E-state index in [-0.39, 0.29) is 5.11 Å². The molecule has 0 saturated heterocycles. The van der Waals surface area contributed by atoms with Gasteiger partial charge in [-0.3, -0.25) is 0 Å². The highest BCUT2D eigenvalue weighted by atomic mass is 32.1. The number of nitrogens with zero attached hydrogens (tertiary/aromatic N) is 2. The summed E-state index contributed by atoms with van der Waals surface area (Å²) in [4.78, 5) is 2.91. The van der Waals surface area contributed by atoms with Gasteiger partial charge in [0.25, 0.3) is 0 Å². The molecule has 0 aliphatic heterocycles. The number of H-pyrrole nitrogens is 1. The number of nitrogen functional groups attached to an aromatic ring is 1. The third-order valence-corrected chi connectivity index (χ3v) is 2.06. The predicted octanol–water partition coefficient (Wildman–Crippen LogP) is 2.08. The number of aromatic amines is 1. The first-order chi connectivity index (χ1) is 7.18. The molecule has 1 aromatic carbocycles. The Balaban J connectivity index is 2.57. The summed E-state index contributed by atoms with van der Waals surface area (Å²) in [6, 6.07) is 7.60. The molecule has 5 nitrogen and oxygen atoms in total. The Morgan fingerprint density at radius 2 is 1.93 bits per heavy atom. The lowest BCUT2D eigenvalue weighted by Crippen LogP contribution is -2.01. The van der Waals surface area contributed by atoms with Crippen molar-refractivity contribution in [2.45, 2.75) is 0 Å². The van der Waals surface area contributed by atoms with Crippen LogP contribution in [0.3, 0.4) is 0 Å². The maximum Gasteiger partial charge on any atom is 0.211 e. The van der Waals surface area contributed by atoms with Crippen LogP contribution >= 0.6 is 12.2 Å². The van der Waals surface area contributed by atoms with Gasteiger partial charge in [0.15, 0.2) is 5.82 Å². The minimum atomic E-state index is -0.00717. The summed E-state index contributed by atoms with van der Waals surface area (Å²) in [7, 11) is 0. The van der Waals surface area contributed by atoms with Gasteiger partial charge in [0.05, 0.1) is 0 Å². The van der Waals surface area contributed by atoms with Crippen LogP contribution in [-0.4, -0.2) is 10.1 Å². The zero-order chi connectivity index (χ0) is 10.8. The van der Waals surface area contributed by atoms with E-state index in [1.165, 1.54) is 0 Å². The molecule has 0 saturated carbocycles. The Morgan fingerprint density at radius 3 is 2.60 bits per heavy atom. The number of hydrogen-bond acceptors (Lipinski definition) is 3. The molecule has 0 atom stereocenters. The second-order valence-electron chi connectivity index (χ2n) is 2.97. The van der Waals surface area contributed by atoms with Crippen LogP contribution in [0.25, 0.3) is 10.8 Å². The Hall–Kier alpha value is -1.95. The van der Waals surface area contributed by atoms with Gasteiger partial charge in [-0.1, -0.05) is 24.3 Å². The third kappa shape index (κ3) is 1.79. The van der Waals surface area contributed by atoms with Crippen LogP contribution in [0.5, 0.6) is 0 Å². The van der Waals surface area contributed by atoms with Gasteiger partial charge in [-0.05, 0) is 12.2 Å². The molecule has 1 heterocycles. The van der Waals surface area contributed by atoms with Crippen molar-refractivity contribution >= 4 is 39.7 Å². The number of aromatic nitrogens is 1. The molecule has 0 radical (unpaired) electrons. The number of nitrogens with two attached hydrogens (primary N) is 2. The highest BCUT2D eigenvalue weighted by Gasteiger charge is 2.05. The first-order valence-electron chi connectivity index (χ1n) is 4.26. The average molecular weight is 219 g/mol. The van der Waals surface area contributed by atoms with Crippen molar-refractivity contribution in [3.05, 3.63) is 24.3 Å². The van der Waals surface area contributed by atoms with Crippen molar-refractivity contribution in [1.29, 1.82) is 0 Å². The molecule has 0 fully saturated rings. The number of anilines is 1. The zero-order valence-corrected chi connectivity index (χ0v) is 8.58. The summed E-state index contributed by atoms with van der Waals surface area (Å²) in [5.74, 6) is 1.12. The molecule has 0 aliphatic carbocycles. The first-order valence-corrected chi connectivity index (χ1v) is 4.66. The van der Waals surface area contributed by atoms with E-state index in [0.717, 1.165) is 10.8 Å². The SMILES string of the molecule is NC(=S)N=Nc1[nH]c(N)c2ccccc12. The number of hydrogen-bond donors (Lipinski definition) is 3. The topological polar surface area (TPSA) is 92.5 Å². The lowest BCUT2D eigenvalue weighted by Gasteiger charge is -1.89. The minimum absolute atomic E-state index is 0.00717. The molecule has 0 amide bonds. The van der Waals surface area contributed by atoms with Gasteiger partial charge < -0.3 is 16.5 Å². The molecule has 0 spiro atoms. The lowest BCUT2D eigenvalue weighted by molar-refractivity contribution is 1.22. The van der Waals surface area contributed by atoms with Crippen molar-refractivity contribution in [2.75, 3.05) is 5.73 Å². The zero-order valence-electron chi connectivity index (χ0n) is 7.77. The molecule has 6 heteroatoms. The number of azo groups is 1. The molecule has 15 heavy (non-hydrogen) atoms. The van der Waals surface area contributed by atoms with E-state index in [2.05, 4.69) is 27.4 Å². The first kappa shape index (κ1) is 9.60. The number of nitrogens with one attached hydrogen (secondary N) is 1. The maximum absolute atomic E-state index is 5.76. The van der Waals surface area contributed by atoms with E-state index >= 15 is 0 Å². The molecule has 76 valence electrons. The number of benzene rings is 1. The fraction of sp³-hybridized carbons (Fsp3) is 0. The highest BCUT2D eigenvalue weighted by molar-refractivity contribution is 7.80. The second-order valence-corrected chi connectivity index (χ2v) is 3.39. The van der Waals surface area contributed by atoms with Crippen LogP contribution in [-0.2, 0) is 0 Å². The molecular formula is C9H9N5S. The number of thiocarbonyl (C=S) groups is 1. The molecule has 1 aromatic heterocycles. The van der Waals surface area contributed by atoms with Crippen LogP contribution in [0, 0.1) is 0 Å². The van der Waals surface area contributed by atoms with Crippen molar-refractivity contribution in [3.63, 3.8) is 0 Å². The van der Waals surface area contributed by atoms with Crippen LogP contribution < -0.4 is 11.5 Å². The predicted molar refractivity (Wildman–Crippen MR) is 64.0 cm³/mol. The van der Waals surface area contributed by atoms with Gasteiger partial charge in [-0.25, -0.2) is 0 Å². The van der Waals surface area contributed by atoms with Crippen LogP contribution in [0.15, 0.2) is 34.5 Å². The van der Waals surface area contributed by atoms with E-state index in [4.69, 9.17) is 11.5 Å². The van der Waals surface area contributed by atoms with Crippen LogP contribution in [0.1, 0.15) is 0 Å². The van der Waals surface area contributed by atoms with E-state index in [9.17, 15) is 0 Å². The van der Waals surface area contributed by atoms with Crippen LogP contribution in [0.2, 0.25) is 0 Å². The molecule has 0 aliphatic rings. The Morgan fingerprint density at radius 1 is 1.27 bits per heavy atom. The fourth-order valence-electron chi connectivity index (χ4n) is 1.36. The molecule has 5 N–H and O–H groups in total. The summed E-state index contributed by atoms with van der Waals surface area (Å²) in [5, 5.41) is 9.29. The summed E-state index contributed by atoms with van der Waals surface area (Å²) in [6.07, 6.45) is 0. The Labute approximate surface area is 91.2 Å². The Bertz CT molecular complexity index is 542. The van der Waals surface area contributed by atoms with Gasteiger partial charge in [0.1, 0.15) is 5.82 Å². The monoisotopic (exact) mass is 219 g/mol. The largest absolute Gasteiger partial charge is 0.385 e. The standard InChI is InChI=1S/C9H9N5S/c10-7-5-3-1-2-4-6(5)8(12-7)13-14-9(11)15/h1-4,12H,10H2,(H2,11,15). The fourth-order valence-corrected chi connectivity index (χ4v) is 1.41. The van der Waals surface area contributed by atoms with Crippen molar-refractivity contribution < 1.29 is 0 Å². The number of fused-ring (bicyclic) bond motifs is 1. The maximum atomic E-state index is 5.76. The lowest BCUT2D eigenvalue weighted by atomic mass is 10.2. The highest BCUT2D eigenvalue weighted by Crippen LogP contribution is 2.30. The summed E-state index contributed by atoms with van der Waals surface area (Å²) in [5.41, 5.74) is 11.0. The van der Waals surface area contributed by atoms with Gasteiger partial charge in [0, 0.05) is 10.8 Å². The van der Waals surface area contributed by atoms with Gasteiger partial charge >= 0.3 is 0 Å².